The molecule has 1 N–H and O–H groups in total. The molecule has 9 heteroatoms. The fraction of sp³-hybridized carbons (Fsp3) is 0.938. The van der Waals surface area contributed by atoms with Gasteiger partial charge in [-0.25, -0.2) is 4.79 Å². The predicted octanol–water partition coefficient (Wildman–Crippen LogP) is 0.636. The average molecular weight is 378 g/mol. The Morgan fingerprint density at radius 3 is 2.48 bits per heavy atom. The molecule has 2 fully saturated rings. The molecular formula is C16H31N3O5S. The van der Waals surface area contributed by atoms with Crippen LogP contribution in [0.1, 0.15) is 33.1 Å². The molecule has 3 unspecified atom stereocenters. The van der Waals surface area contributed by atoms with Crippen LogP contribution in [0.25, 0.3) is 0 Å². The highest BCUT2D eigenvalue weighted by Gasteiger charge is 2.42. The second-order valence-corrected chi connectivity index (χ2v) is 8.48. The molecule has 0 radical (unpaired) electrons. The second-order valence-electron chi connectivity index (χ2n) is 6.84. The minimum absolute atomic E-state index is 0.119. The number of carbonyl (C=O) groups excluding carboxylic acids is 1. The van der Waals surface area contributed by atoms with E-state index in [1.165, 1.54) is 0 Å². The van der Waals surface area contributed by atoms with Crippen molar-refractivity contribution in [2.24, 2.45) is 0 Å². The molecule has 0 aromatic heterocycles. The van der Waals surface area contributed by atoms with Gasteiger partial charge in [0.05, 0.1) is 12.3 Å². The van der Waals surface area contributed by atoms with E-state index in [0.29, 0.717) is 0 Å². The van der Waals surface area contributed by atoms with E-state index >= 15 is 0 Å². The minimum atomic E-state index is -3.57. The van der Waals surface area contributed by atoms with Crippen LogP contribution in [0.5, 0.6) is 0 Å². The van der Waals surface area contributed by atoms with Crippen molar-refractivity contribution < 1.29 is 22.1 Å². The fourth-order valence-electron chi connectivity index (χ4n) is 3.67. The predicted molar refractivity (Wildman–Crippen MR) is 95.0 cm³/mol. The number of nitrogens with one attached hydrogen (secondary N) is 1. The fourth-order valence-corrected chi connectivity index (χ4v) is 4.05. The zero-order valence-electron chi connectivity index (χ0n) is 15.4. The number of amides is 1. The van der Waals surface area contributed by atoms with Crippen LogP contribution in [0.4, 0.5) is 4.79 Å². The summed E-state index contributed by atoms with van der Waals surface area (Å²) in [6.07, 6.45) is 2.95. The normalized spacial score (nSPS) is 27.1. The van der Waals surface area contributed by atoms with E-state index in [4.69, 9.17) is 8.92 Å². The summed E-state index contributed by atoms with van der Waals surface area (Å²) < 4.78 is 32.7. The first-order valence-corrected chi connectivity index (χ1v) is 10.9. The first-order valence-electron chi connectivity index (χ1n) is 9.12. The number of carbonyl (C=O) groups is 1. The molecule has 2 heterocycles. The van der Waals surface area contributed by atoms with Crippen molar-refractivity contribution in [3.8, 4) is 0 Å². The zero-order valence-corrected chi connectivity index (χ0v) is 16.3. The van der Waals surface area contributed by atoms with Crippen LogP contribution in [-0.4, -0.2) is 88.1 Å². The lowest BCUT2D eigenvalue weighted by atomic mass is 9.96. The number of hydrogen-bond acceptors (Lipinski definition) is 7. The van der Waals surface area contributed by atoms with Gasteiger partial charge >= 0.3 is 6.09 Å². The molecule has 2 aliphatic heterocycles. The summed E-state index contributed by atoms with van der Waals surface area (Å²) in [6, 6.07) is -0.139. The SMILES string of the molecule is CCCC(C1NC(=O)OC1COS(C)(=O)=O)N1CCN(CCC)CC1. The van der Waals surface area contributed by atoms with Gasteiger partial charge in [-0.1, -0.05) is 20.3 Å². The Morgan fingerprint density at radius 2 is 1.92 bits per heavy atom. The average Bonchev–Trinajstić information content (AvgIpc) is 2.92. The summed E-state index contributed by atoms with van der Waals surface area (Å²) >= 11 is 0. The number of ether oxygens (including phenoxy) is 1. The van der Waals surface area contributed by atoms with E-state index in [0.717, 1.165) is 58.2 Å². The van der Waals surface area contributed by atoms with E-state index in [1.807, 2.05) is 0 Å². The lowest BCUT2D eigenvalue weighted by Gasteiger charge is -2.41. The third-order valence-corrected chi connectivity index (χ3v) is 5.37. The first kappa shape index (κ1) is 20.4. The maximum Gasteiger partial charge on any atom is 0.407 e. The van der Waals surface area contributed by atoms with Gasteiger partial charge in [0.1, 0.15) is 6.61 Å². The molecule has 25 heavy (non-hydrogen) atoms. The van der Waals surface area contributed by atoms with Crippen LogP contribution in [0.3, 0.4) is 0 Å². The Bertz CT molecular complexity index is 534. The Morgan fingerprint density at radius 1 is 1.24 bits per heavy atom. The summed E-state index contributed by atoms with van der Waals surface area (Å²) in [5, 5.41) is 2.87. The van der Waals surface area contributed by atoms with Gasteiger partial charge in [0, 0.05) is 32.2 Å². The number of cyclic esters (lactones) is 1. The van der Waals surface area contributed by atoms with Gasteiger partial charge in [-0.2, -0.15) is 8.42 Å². The number of hydrogen-bond donors (Lipinski definition) is 1. The molecule has 0 spiro atoms. The van der Waals surface area contributed by atoms with Crippen molar-refractivity contribution in [3.05, 3.63) is 0 Å². The first-order chi connectivity index (χ1) is 11.8. The zero-order chi connectivity index (χ0) is 18.4. The maximum atomic E-state index is 11.8. The Balaban J connectivity index is 2.02. The van der Waals surface area contributed by atoms with E-state index in [2.05, 4.69) is 29.0 Å². The summed E-state index contributed by atoms with van der Waals surface area (Å²) in [5.41, 5.74) is 0. The Kier molecular flexibility index (Phi) is 7.48. The van der Waals surface area contributed by atoms with Crippen molar-refractivity contribution in [2.45, 2.75) is 51.3 Å². The van der Waals surface area contributed by atoms with Crippen molar-refractivity contribution in [1.82, 2.24) is 15.1 Å². The van der Waals surface area contributed by atoms with E-state index in [-0.39, 0.29) is 18.7 Å². The maximum absolute atomic E-state index is 11.8. The minimum Gasteiger partial charge on any atom is -0.441 e. The molecule has 3 atom stereocenters. The van der Waals surface area contributed by atoms with Gasteiger partial charge in [0.25, 0.3) is 10.1 Å². The highest BCUT2D eigenvalue weighted by molar-refractivity contribution is 7.85. The topological polar surface area (TPSA) is 88.2 Å². The molecule has 1 amide bonds. The third kappa shape index (κ3) is 6.09. The standard InChI is InChI=1S/C16H31N3O5S/c1-4-6-13(19-10-8-18(7-5-2)9-11-19)15-14(24-16(20)17-15)12-23-25(3,21)22/h13-15H,4-12H2,1-3H3,(H,17,20). The molecule has 146 valence electrons. The highest BCUT2D eigenvalue weighted by atomic mass is 32.2. The summed E-state index contributed by atoms with van der Waals surface area (Å²) in [5.74, 6) is 0. The Labute approximate surface area is 150 Å². The molecule has 2 saturated heterocycles. The summed E-state index contributed by atoms with van der Waals surface area (Å²) in [4.78, 5) is 16.6. The molecule has 8 nitrogen and oxygen atoms in total. The molecule has 0 saturated carbocycles. The largest absolute Gasteiger partial charge is 0.441 e. The molecule has 0 bridgehead atoms. The molecule has 0 aromatic rings. The molecule has 0 aromatic carbocycles. The lowest BCUT2D eigenvalue weighted by Crippen LogP contribution is -2.58. The number of alkyl carbamates (subject to hydrolysis) is 1. The van der Waals surface area contributed by atoms with Crippen molar-refractivity contribution in [1.29, 1.82) is 0 Å². The Hall–Kier alpha value is -0.900. The number of nitrogens with zero attached hydrogens (tertiary/aromatic N) is 2. The highest BCUT2D eigenvalue weighted by Crippen LogP contribution is 2.22. The van der Waals surface area contributed by atoms with Gasteiger partial charge in [-0.3, -0.25) is 9.08 Å². The molecule has 0 aliphatic carbocycles. The van der Waals surface area contributed by atoms with E-state index in [1.54, 1.807) is 0 Å². The van der Waals surface area contributed by atoms with Gasteiger partial charge in [0.2, 0.25) is 0 Å². The van der Waals surface area contributed by atoms with Crippen LogP contribution in [-0.2, 0) is 19.0 Å². The monoisotopic (exact) mass is 377 g/mol. The van der Waals surface area contributed by atoms with Gasteiger partial charge in [-0.15, -0.1) is 0 Å². The van der Waals surface area contributed by atoms with Crippen molar-refractivity contribution in [3.63, 3.8) is 0 Å². The lowest BCUT2D eigenvalue weighted by molar-refractivity contribution is 0.0408. The van der Waals surface area contributed by atoms with Gasteiger partial charge in [-0.05, 0) is 19.4 Å². The summed E-state index contributed by atoms with van der Waals surface area (Å²) in [6.45, 7) is 9.18. The van der Waals surface area contributed by atoms with Crippen molar-refractivity contribution in [2.75, 3.05) is 45.6 Å². The number of piperazine rings is 1. The van der Waals surface area contributed by atoms with E-state index in [9.17, 15) is 13.2 Å². The van der Waals surface area contributed by atoms with Crippen molar-refractivity contribution >= 4 is 16.2 Å². The number of rotatable bonds is 9. The van der Waals surface area contributed by atoms with Crippen LogP contribution >= 0.6 is 0 Å². The third-order valence-electron chi connectivity index (χ3n) is 4.80. The van der Waals surface area contributed by atoms with Gasteiger partial charge < -0.3 is 15.0 Å². The smallest absolute Gasteiger partial charge is 0.407 e. The quantitative estimate of drug-likeness (QED) is 0.590. The van der Waals surface area contributed by atoms with Crippen LogP contribution in [0.2, 0.25) is 0 Å². The molecule has 2 aliphatic rings. The summed E-state index contributed by atoms with van der Waals surface area (Å²) in [7, 11) is -3.57. The molecular weight excluding hydrogens is 346 g/mol. The van der Waals surface area contributed by atoms with E-state index < -0.39 is 22.3 Å². The van der Waals surface area contributed by atoms with Crippen LogP contribution in [0, 0.1) is 0 Å². The second kappa shape index (κ2) is 9.16. The molecule has 2 rings (SSSR count). The van der Waals surface area contributed by atoms with Gasteiger partial charge in [0.15, 0.2) is 6.10 Å². The van der Waals surface area contributed by atoms with Crippen LogP contribution in [0.15, 0.2) is 0 Å². The van der Waals surface area contributed by atoms with Crippen LogP contribution < -0.4 is 5.32 Å².